The van der Waals surface area contributed by atoms with Gasteiger partial charge in [0.05, 0.1) is 12.8 Å². The molecule has 1 aliphatic carbocycles. The SMILES string of the molecule is COc1ccc(Cl)cc1NC(=O)c1ccc(NC2=C(Cl)C(=O)N(C3CCCCC3)C2=O)cc1. The molecule has 1 saturated carbocycles. The van der Waals surface area contributed by atoms with E-state index in [0.717, 1.165) is 32.1 Å². The van der Waals surface area contributed by atoms with Gasteiger partial charge in [-0.1, -0.05) is 42.5 Å². The summed E-state index contributed by atoms with van der Waals surface area (Å²) in [6.45, 7) is 0. The summed E-state index contributed by atoms with van der Waals surface area (Å²) in [6, 6.07) is 11.3. The van der Waals surface area contributed by atoms with Crippen LogP contribution in [0, 0.1) is 0 Å². The largest absolute Gasteiger partial charge is 0.495 e. The Labute approximate surface area is 201 Å². The Kier molecular flexibility index (Phi) is 6.91. The number of carbonyl (C=O) groups is 3. The fourth-order valence-corrected chi connectivity index (χ4v) is 4.51. The lowest BCUT2D eigenvalue weighted by Crippen LogP contribution is -2.42. The molecule has 3 amide bonds. The van der Waals surface area contributed by atoms with Gasteiger partial charge in [-0.2, -0.15) is 0 Å². The van der Waals surface area contributed by atoms with Crippen LogP contribution in [0.2, 0.25) is 5.02 Å². The summed E-state index contributed by atoms with van der Waals surface area (Å²) >= 11 is 12.2. The summed E-state index contributed by atoms with van der Waals surface area (Å²) in [5.74, 6) is -0.733. The highest BCUT2D eigenvalue weighted by Crippen LogP contribution is 2.32. The minimum Gasteiger partial charge on any atom is -0.495 e. The maximum Gasteiger partial charge on any atom is 0.279 e. The minimum atomic E-state index is -0.456. The van der Waals surface area contributed by atoms with Crippen LogP contribution in [0.15, 0.2) is 53.2 Å². The molecule has 0 saturated heterocycles. The monoisotopic (exact) mass is 487 g/mol. The fraction of sp³-hybridized carbons (Fsp3) is 0.292. The van der Waals surface area contributed by atoms with E-state index in [1.54, 1.807) is 42.5 Å². The van der Waals surface area contributed by atoms with Crippen molar-refractivity contribution in [3.05, 3.63) is 63.8 Å². The summed E-state index contributed by atoms with van der Waals surface area (Å²) in [5, 5.41) is 6.07. The van der Waals surface area contributed by atoms with E-state index < -0.39 is 11.8 Å². The van der Waals surface area contributed by atoms with E-state index >= 15 is 0 Å². The summed E-state index contributed by atoms with van der Waals surface area (Å²) in [6.07, 6.45) is 4.70. The lowest BCUT2D eigenvalue weighted by atomic mass is 9.94. The van der Waals surface area contributed by atoms with Gasteiger partial charge in [0.1, 0.15) is 16.5 Å². The summed E-state index contributed by atoms with van der Waals surface area (Å²) < 4.78 is 5.25. The first kappa shape index (κ1) is 23.1. The molecule has 2 aromatic carbocycles. The summed E-state index contributed by atoms with van der Waals surface area (Å²) in [5.41, 5.74) is 1.44. The molecule has 33 heavy (non-hydrogen) atoms. The van der Waals surface area contributed by atoms with Crippen LogP contribution in [0.25, 0.3) is 0 Å². The highest BCUT2D eigenvalue weighted by molar-refractivity contribution is 6.48. The first-order valence-corrected chi connectivity index (χ1v) is 11.4. The van der Waals surface area contributed by atoms with Gasteiger partial charge in [0.2, 0.25) is 0 Å². The molecule has 2 aromatic rings. The van der Waals surface area contributed by atoms with E-state index in [9.17, 15) is 14.4 Å². The maximum atomic E-state index is 12.9. The highest BCUT2D eigenvalue weighted by atomic mass is 35.5. The Bertz CT molecular complexity index is 1130. The lowest BCUT2D eigenvalue weighted by molar-refractivity contribution is -0.140. The number of nitrogens with zero attached hydrogens (tertiary/aromatic N) is 1. The zero-order chi connectivity index (χ0) is 23.5. The number of methoxy groups -OCH3 is 1. The van der Waals surface area contributed by atoms with Crippen LogP contribution < -0.4 is 15.4 Å². The Hall–Kier alpha value is -3.03. The zero-order valence-electron chi connectivity index (χ0n) is 18.0. The van der Waals surface area contributed by atoms with Gasteiger partial charge in [0.25, 0.3) is 17.7 Å². The predicted molar refractivity (Wildman–Crippen MR) is 128 cm³/mol. The molecule has 1 aliphatic heterocycles. The van der Waals surface area contributed by atoms with E-state index in [0.29, 0.717) is 27.7 Å². The quantitative estimate of drug-likeness (QED) is 0.549. The normalized spacial score (nSPS) is 16.9. The summed E-state index contributed by atoms with van der Waals surface area (Å²) in [4.78, 5) is 39.5. The Balaban J connectivity index is 1.45. The second-order valence-electron chi connectivity index (χ2n) is 7.96. The number of rotatable bonds is 6. The number of amides is 3. The van der Waals surface area contributed by atoms with E-state index in [1.165, 1.54) is 12.0 Å². The molecule has 1 heterocycles. The third kappa shape index (κ3) is 4.84. The predicted octanol–water partition coefficient (Wildman–Crippen LogP) is 5.16. The Morgan fingerprint density at radius 1 is 1.00 bits per heavy atom. The number of nitrogens with one attached hydrogen (secondary N) is 2. The maximum absolute atomic E-state index is 12.9. The molecule has 0 atom stereocenters. The molecule has 0 spiro atoms. The average Bonchev–Trinajstić information content (AvgIpc) is 3.03. The summed E-state index contributed by atoms with van der Waals surface area (Å²) in [7, 11) is 1.50. The molecule has 2 N–H and O–H groups in total. The molecule has 7 nitrogen and oxygen atoms in total. The van der Waals surface area contributed by atoms with Crippen molar-refractivity contribution in [2.45, 2.75) is 38.1 Å². The Morgan fingerprint density at radius 2 is 1.70 bits per heavy atom. The molecule has 0 aromatic heterocycles. The first-order valence-electron chi connectivity index (χ1n) is 10.7. The van der Waals surface area contributed by atoms with Crippen molar-refractivity contribution in [2.24, 2.45) is 0 Å². The van der Waals surface area contributed by atoms with Crippen molar-refractivity contribution in [2.75, 3.05) is 17.7 Å². The minimum absolute atomic E-state index is 0.0631. The van der Waals surface area contributed by atoms with Crippen LogP contribution in [0.1, 0.15) is 42.5 Å². The van der Waals surface area contributed by atoms with Gasteiger partial charge >= 0.3 is 0 Å². The van der Waals surface area contributed by atoms with E-state index in [4.69, 9.17) is 27.9 Å². The van der Waals surface area contributed by atoms with Crippen LogP contribution in [-0.4, -0.2) is 35.8 Å². The molecular formula is C24H23Cl2N3O4. The number of hydrogen-bond donors (Lipinski definition) is 2. The van der Waals surface area contributed by atoms with Gasteiger partial charge in [-0.25, -0.2) is 0 Å². The number of carbonyl (C=O) groups excluding carboxylic acids is 3. The van der Waals surface area contributed by atoms with Crippen molar-refractivity contribution >= 4 is 52.3 Å². The van der Waals surface area contributed by atoms with Gasteiger partial charge < -0.3 is 15.4 Å². The molecule has 0 bridgehead atoms. The fourth-order valence-electron chi connectivity index (χ4n) is 4.12. The third-order valence-electron chi connectivity index (χ3n) is 5.82. The zero-order valence-corrected chi connectivity index (χ0v) is 19.5. The molecule has 172 valence electrons. The van der Waals surface area contributed by atoms with Crippen molar-refractivity contribution < 1.29 is 19.1 Å². The van der Waals surface area contributed by atoms with Crippen molar-refractivity contribution in [3.8, 4) is 5.75 Å². The van der Waals surface area contributed by atoms with Crippen molar-refractivity contribution in [1.29, 1.82) is 0 Å². The van der Waals surface area contributed by atoms with Gasteiger partial charge in [-0.15, -0.1) is 0 Å². The topological polar surface area (TPSA) is 87.7 Å². The van der Waals surface area contributed by atoms with Crippen LogP contribution in [0.5, 0.6) is 5.75 Å². The van der Waals surface area contributed by atoms with Crippen LogP contribution in [-0.2, 0) is 9.59 Å². The number of imide groups is 1. The number of halogens is 2. The van der Waals surface area contributed by atoms with Crippen LogP contribution in [0.4, 0.5) is 11.4 Å². The molecule has 2 aliphatic rings. The number of hydrogen-bond acceptors (Lipinski definition) is 5. The lowest BCUT2D eigenvalue weighted by Gasteiger charge is -2.29. The standard InChI is InChI=1S/C24H23Cl2N3O4/c1-33-19-12-9-15(25)13-18(19)28-22(30)14-7-10-16(11-8-14)27-21-20(26)23(31)29(24(21)32)17-5-3-2-4-6-17/h7-13,17,27H,2-6H2,1H3,(H,28,30). The van der Waals surface area contributed by atoms with Crippen LogP contribution in [0.3, 0.4) is 0 Å². The van der Waals surface area contributed by atoms with Crippen molar-refractivity contribution in [3.63, 3.8) is 0 Å². The third-order valence-corrected chi connectivity index (χ3v) is 6.41. The second kappa shape index (κ2) is 9.85. The van der Waals surface area contributed by atoms with Crippen LogP contribution >= 0.6 is 23.2 Å². The molecule has 9 heteroatoms. The van der Waals surface area contributed by atoms with Gasteiger partial charge in [0, 0.05) is 22.3 Å². The number of anilines is 2. The van der Waals surface area contributed by atoms with E-state index in [1.807, 2.05) is 0 Å². The molecule has 0 unspecified atom stereocenters. The molecule has 0 radical (unpaired) electrons. The average molecular weight is 488 g/mol. The second-order valence-corrected chi connectivity index (χ2v) is 8.78. The molecular weight excluding hydrogens is 465 g/mol. The van der Waals surface area contributed by atoms with Gasteiger partial charge in [-0.3, -0.25) is 19.3 Å². The molecule has 1 fully saturated rings. The first-order chi connectivity index (χ1) is 15.9. The number of benzene rings is 2. The van der Waals surface area contributed by atoms with Gasteiger partial charge in [-0.05, 0) is 55.3 Å². The van der Waals surface area contributed by atoms with Crippen molar-refractivity contribution in [1.82, 2.24) is 4.90 Å². The highest BCUT2D eigenvalue weighted by Gasteiger charge is 2.42. The van der Waals surface area contributed by atoms with E-state index in [-0.39, 0.29) is 22.7 Å². The smallest absolute Gasteiger partial charge is 0.279 e. The molecule has 4 rings (SSSR count). The van der Waals surface area contributed by atoms with Gasteiger partial charge in [0.15, 0.2) is 0 Å². The number of ether oxygens (including phenoxy) is 1. The Morgan fingerprint density at radius 3 is 2.36 bits per heavy atom. The van der Waals surface area contributed by atoms with E-state index in [2.05, 4.69) is 10.6 Å².